The van der Waals surface area contributed by atoms with Gasteiger partial charge in [0.1, 0.15) is 5.75 Å². The molecule has 126 valence electrons. The van der Waals surface area contributed by atoms with E-state index >= 15 is 0 Å². The number of nitrogens with one attached hydrogen (secondary N) is 1. The molecule has 0 saturated heterocycles. The van der Waals surface area contributed by atoms with Crippen LogP contribution in [0.4, 0.5) is 5.69 Å². The molecule has 5 nitrogen and oxygen atoms in total. The summed E-state index contributed by atoms with van der Waals surface area (Å²) in [4.78, 5) is 24.7. The topological polar surface area (TPSA) is 60.3 Å². The Morgan fingerprint density at radius 3 is 2.40 bits per heavy atom. The fourth-order valence-corrected chi connectivity index (χ4v) is 2.47. The molecule has 0 fully saturated rings. The average molecular weight is 334 g/mol. The zero-order chi connectivity index (χ0) is 17.6. The van der Waals surface area contributed by atoms with Crippen LogP contribution in [-0.2, 0) is 7.05 Å². The molecule has 2 aromatic carbocycles. The SMILES string of the molecule is Cn1cccc1C(=O)COc1ccccc1C(=O)Nc1ccccc1. The molecular weight excluding hydrogens is 316 g/mol. The molecule has 5 heteroatoms. The first kappa shape index (κ1) is 16.5. The van der Waals surface area contributed by atoms with Crippen LogP contribution in [0, 0.1) is 0 Å². The third kappa shape index (κ3) is 3.95. The zero-order valence-corrected chi connectivity index (χ0v) is 13.8. The number of hydrogen-bond donors (Lipinski definition) is 1. The minimum atomic E-state index is -0.284. The molecule has 1 heterocycles. The van der Waals surface area contributed by atoms with Crippen LogP contribution >= 0.6 is 0 Å². The number of Topliss-reactive ketones (excluding diaryl/α,β-unsaturated/α-hetero) is 1. The maximum Gasteiger partial charge on any atom is 0.259 e. The number of carbonyl (C=O) groups excluding carboxylic acids is 2. The van der Waals surface area contributed by atoms with Crippen LogP contribution in [0.25, 0.3) is 0 Å². The van der Waals surface area contributed by atoms with E-state index in [1.54, 1.807) is 66.3 Å². The number of ketones is 1. The summed E-state index contributed by atoms with van der Waals surface area (Å²) in [5.74, 6) is -0.0580. The largest absolute Gasteiger partial charge is 0.485 e. The summed E-state index contributed by atoms with van der Waals surface area (Å²) in [6.45, 7) is -0.131. The van der Waals surface area contributed by atoms with Gasteiger partial charge in [-0.3, -0.25) is 9.59 Å². The van der Waals surface area contributed by atoms with Gasteiger partial charge in [0, 0.05) is 18.9 Å². The molecule has 3 aromatic rings. The van der Waals surface area contributed by atoms with Crippen LogP contribution < -0.4 is 10.1 Å². The highest BCUT2D eigenvalue weighted by Crippen LogP contribution is 2.20. The number of rotatable bonds is 6. The molecule has 0 bridgehead atoms. The third-order valence-electron chi connectivity index (χ3n) is 3.75. The van der Waals surface area contributed by atoms with Crippen molar-refractivity contribution in [3.63, 3.8) is 0 Å². The molecule has 0 saturated carbocycles. The molecule has 0 atom stereocenters. The second-order valence-electron chi connectivity index (χ2n) is 5.53. The van der Waals surface area contributed by atoms with E-state index in [-0.39, 0.29) is 18.3 Å². The van der Waals surface area contributed by atoms with Gasteiger partial charge in [0.2, 0.25) is 5.78 Å². The number of hydrogen-bond acceptors (Lipinski definition) is 3. The first-order valence-corrected chi connectivity index (χ1v) is 7.88. The number of aryl methyl sites for hydroxylation is 1. The van der Waals surface area contributed by atoms with E-state index in [1.807, 2.05) is 18.2 Å². The molecule has 1 amide bonds. The number of aromatic nitrogens is 1. The molecule has 0 aliphatic carbocycles. The summed E-state index contributed by atoms with van der Waals surface area (Å²) in [6.07, 6.45) is 1.80. The quantitative estimate of drug-likeness (QED) is 0.702. The van der Waals surface area contributed by atoms with Crippen molar-refractivity contribution in [1.29, 1.82) is 0 Å². The van der Waals surface area contributed by atoms with E-state index in [0.717, 1.165) is 0 Å². The summed E-state index contributed by atoms with van der Waals surface area (Å²) in [7, 11) is 1.80. The zero-order valence-electron chi connectivity index (χ0n) is 13.8. The van der Waals surface area contributed by atoms with Crippen molar-refractivity contribution in [3.8, 4) is 5.75 Å². The van der Waals surface area contributed by atoms with Crippen molar-refractivity contribution in [3.05, 3.63) is 84.2 Å². The van der Waals surface area contributed by atoms with E-state index in [1.165, 1.54) is 0 Å². The van der Waals surface area contributed by atoms with Gasteiger partial charge < -0.3 is 14.6 Å². The van der Waals surface area contributed by atoms with Crippen LogP contribution in [-0.4, -0.2) is 22.9 Å². The normalized spacial score (nSPS) is 10.3. The molecule has 0 radical (unpaired) electrons. The van der Waals surface area contributed by atoms with Gasteiger partial charge in [-0.05, 0) is 36.4 Å². The number of carbonyl (C=O) groups is 2. The Morgan fingerprint density at radius 2 is 1.68 bits per heavy atom. The second kappa shape index (κ2) is 7.49. The van der Waals surface area contributed by atoms with Gasteiger partial charge in [0.05, 0.1) is 11.3 Å². The Hall–Kier alpha value is -3.34. The van der Waals surface area contributed by atoms with Crippen LogP contribution in [0.15, 0.2) is 72.9 Å². The highest BCUT2D eigenvalue weighted by molar-refractivity contribution is 6.06. The molecular formula is C20H18N2O3. The van der Waals surface area contributed by atoms with Crippen LogP contribution in [0.5, 0.6) is 5.75 Å². The molecule has 25 heavy (non-hydrogen) atoms. The summed E-state index contributed by atoms with van der Waals surface area (Å²) in [5, 5.41) is 2.81. The van der Waals surface area contributed by atoms with Crippen molar-refractivity contribution in [2.24, 2.45) is 7.05 Å². The number of nitrogens with zero attached hydrogens (tertiary/aromatic N) is 1. The highest BCUT2D eigenvalue weighted by atomic mass is 16.5. The van der Waals surface area contributed by atoms with Crippen molar-refractivity contribution in [2.45, 2.75) is 0 Å². The number of ether oxygens (including phenoxy) is 1. The fourth-order valence-electron chi connectivity index (χ4n) is 2.47. The van der Waals surface area contributed by atoms with Gasteiger partial charge in [0.15, 0.2) is 6.61 Å². The molecule has 0 spiro atoms. The lowest BCUT2D eigenvalue weighted by Crippen LogP contribution is -2.18. The van der Waals surface area contributed by atoms with Crippen LogP contribution in [0.3, 0.4) is 0 Å². The first-order chi connectivity index (χ1) is 12.1. The molecule has 0 unspecified atom stereocenters. The minimum Gasteiger partial charge on any atom is -0.485 e. The van der Waals surface area contributed by atoms with Crippen LogP contribution in [0.2, 0.25) is 0 Å². The standard InChI is InChI=1S/C20H18N2O3/c1-22-13-7-11-17(22)18(23)14-25-19-12-6-5-10-16(19)20(24)21-15-8-3-2-4-9-15/h2-13H,14H2,1H3,(H,21,24). The van der Waals surface area contributed by atoms with Crippen molar-refractivity contribution in [1.82, 2.24) is 4.57 Å². The van der Waals surface area contributed by atoms with Gasteiger partial charge >= 0.3 is 0 Å². The average Bonchev–Trinajstić information content (AvgIpc) is 3.07. The van der Waals surface area contributed by atoms with E-state index in [9.17, 15) is 9.59 Å². The summed E-state index contributed by atoms with van der Waals surface area (Å²) in [5.41, 5.74) is 1.64. The second-order valence-corrected chi connectivity index (χ2v) is 5.53. The van der Waals surface area contributed by atoms with Gasteiger partial charge in [-0.15, -0.1) is 0 Å². The Balaban J connectivity index is 1.71. The summed E-state index contributed by atoms with van der Waals surface area (Å²) in [6, 6.07) is 19.6. The molecule has 1 aromatic heterocycles. The Labute approximate surface area is 145 Å². The molecule has 0 aliphatic rings. The number of para-hydroxylation sites is 2. The van der Waals surface area contributed by atoms with E-state index in [0.29, 0.717) is 22.7 Å². The maximum atomic E-state index is 12.5. The third-order valence-corrected chi connectivity index (χ3v) is 3.75. The Bertz CT molecular complexity index is 885. The summed E-state index contributed by atoms with van der Waals surface area (Å²) < 4.78 is 7.35. The number of benzene rings is 2. The van der Waals surface area contributed by atoms with Crippen molar-refractivity contribution in [2.75, 3.05) is 11.9 Å². The first-order valence-electron chi connectivity index (χ1n) is 7.88. The van der Waals surface area contributed by atoms with Crippen LogP contribution in [0.1, 0.15) is 20.8 Å². The van der Waals surface area contributed by atoms with Gasteiger partial charge in [0.25, 0.3) is 5.91 Å². The predicted molar refractivity (Wildman–Crippen MR) is 96.1 cm³/mol. The lowest BCUT2D eigenvalue weighted by Gasteiger charge is -2.11. The lowest BCUT2D eigenvalue weighted by atomic mass is 10.2. The predicted octanol–water partition coefficient (Wildman–Crippen LogP) is 3.54. The summed E-state index contributed by atoms with van der Waals surface area (Å²) >= 11 is 0. The molecule has 0 aliphatic heterocycles. The Kier molecular flexibility index (Phi) is 4.95. The molecule has 3 rings (SSSR count). The minimum absolute atomic E-state index is 0.131. The smallest absolute Gasteiger partial charge is 0.259 e. The van der Waals surface area contributed by atoms with E-state index < -0.39 is 0 Å². The monoisotopic (exact) mass is 334 g/mol. The number of amides is 1. The van der Waals surface area contributed by atoms with Gasteiger partial charge in [-0.1, -0.05) is 30.3 Å². The Morgan fingerprint density at radius 1 is 0.960 bits per heavy atom. The lowest BCUT2D eigenvalue weighted by molar-refractivity contribution is 0.0906. The molecule has 1 N–H and O–H groups in total. The maximum absolute atomic E-state index is 12.5. The highest BCUT2D eigenvalue weighted by Gasteiger charge is 2.15. The van der Waals surface area contributed by atoms with Crippen molar-refractivity contribution < 1.29 is 14.3 Å². The van der Waals surface area contributed by atoms with E-state index in [2.05, 4.69) is 5.32 Å². The van der Waals surface area contributed by atoms with E-state index in [4.69, 9.17) is 4.74 Å². The van der Waals surface area contributed by atoms with Gasteiger partial charge in [-0.25, -0.2) is 0 Å². The number of anilines is 1. The van der Waals surface area contributed by atoms with Gasteiger partial charge in [-0.2, -0.15) is 0 Å². The fraction of sp³-hybridized carbons (Fsp3) is 0.100. The van der Waals surface area contributed by atoms with Crippen molar-refractivity contribution >= 4 is 17.4 Å².